The van der Waals surface area contributed by atoms with Crippen LogP contribution >= 0.6 is 0 Å². The standard InChI is InChI=1S/C8H8N2O2/c1-2-12-7(11)6-3-8(6,4-9)5-10/h6H,2-3H2,1H3. The van der Waals surface area contributed by atoms with E-state index in [1.54, 1.807) is 6.92 Å². The second-order valence-corrected chi connectivity index (χ2v) is 2.70. The van der Waals surface area contributed by atoms with Gasteiger partial charge in [-0.05, 0) is 13.3 Å². The van der Waals surface area contributed by atoms with Crippen LogP contribution in [0, 0.1) is 34.0 Å². The highest BCUT2D eigenvalue weighted by Gasteiger charge is 2.61. The number of carbonyl (C=O) groups excluding carboxylic acids is 1. The Labute approximate surface area is 70.3 Å². The summed E-state index contributed by atoms with van der Waals surface area (Å²) in [5.41, 5.74) is -1.09. The first-order valence-corrected chi connectivity index (χ1v) is 3.69. The average molecular weight is 164 g/mol. The van der Waals surface area contributed by atoms with Gasteiger partial charge >= 0.3 is 5.97 Å². The Kier molecular flexibility index (Phi) is 2.01. The Morgan fingerprint density at radius 1 is 1.67 bits per heavy atom. The molecule has 12 heavy (non-hydrogen) atoms. The summed E-state index contributed by atoms with van der Waals surface area (Å²) in [4.78, 5) is 11.0. The Morgan fingerprint density at radius 2 is 2.25 bits per heavy atom. The molecule has 4 nitrogen and oxygen atoms in total. The van der Waals surface area contributed by atoms with Crippen LogP contribution in [0.25, 0.3) is 0 Å². The number of nitriles is 2. The lowest BCUT2D eigenvalue weighted by Gasteiger charge is -1.98. The fourth-order valence-electron chi connectivity index (χ4n) is 1.06. The van der Waals surface area contributed by atoms with Gasteiger partial charge < -0.3 is 4.74 Å². The molecule has 1 saturated carbocycles. The summed E-state index contributed by atoms with van der Waals surface area (Å²) in [7, 11) is 0. The summed E-state index contributed by atoms with van der Waals surface area (Å²) in [5, 5.41) is 17.1. The number of carbonyl (C=O) groups is 1. The van der Waals surface area contributed by atoms with Crippen LogP contribution in [0.3, 0.4) is 0 Å². The highest BCUT2D eigenvalue weighted by molar-refractivity contribution is 5.79. The van der Waals surface area contributed by atoms with Gasteiger partial charge in [-0.2, -0.15) is 10.5 Å². The highest BCUT2D eigenvalue weighted by Crippen LogP contribution is 2.52. The maximum absolute atomic E-state index is 11.0. The molecule has 0 amide bonds. The van der Waals surface area contributed by atoms with Gasteiger partial charge in [-0.15, -0.1) is 0 Å². The first-order chi connectivity index (χ1) is 5.70. The number of nitrogens with zero attached hydrogens (tertiary/aromatic N) is 2. The predicted octanol–water partition coefficient (Wildman–Crippen LogP) is 0.603. The summed E-state index contributed by atoms with van der Waals surface area (Å²) < 4.78 is 4.68. The van der Waals surface area contributed by atoms with E-state index in [0.29, 0.717) is 13.0 Å². The van der Waals surface area contributed by atoms with E-state index in [-0.39, 0.29) is 0 Å². The topological polar surface area (TPSA) is 73.9 Å². The van der Waals surface area contributed by atoms with Crippen LogP contribution in [-0.2, 0) is 9.53 Å². The van der Waals surface area contributed by atoms with Crippen LogP contribution in [0.15, 0.2) is 0 Å². The zero-order chi connectivity index (χ0) is 9.19. The Balaban J connectivity index is 2.59. The molecule has 0 aromatic carbocycles. The number of rotatable bonds is 2. The highest BCUT2D eigenvalue weighted by atomic mass is 16.5. The van der Waals surface area contributed by atoms with Crippen molar-refractivity contribution in [1.82, 2.24) is 0 Å². The minimum Gasteiger partial charge on any atom is -0.466 e. The van der Waals surface area contributed by atoms with Gasteiger partial charge in [0.25, 0.3) is 0 Å². The molecule has 0 radical (unpaired) electrons. The molecule has 62 valence electrons. The van der Waals surface area contributed by atoms with Crippen molar-refractivity contribution >= 4 is 5.97 Å². The van der Waals surface area contributed by atoms with Crippen LogP contribution in [0.1, 0.15) is 13.3 Å². The van der Waals surface area contributed by atoms with Crippen molar-refractivity contribution in [1.29, 1.82) is 10.5 Å². The molecule has 1 unspecified atom stereocenters. The first kappa shape index (κ1) is 8.55. The van der Waals surface area contributed by atoms with Crippen molar-refractivity contribution in [2.45, 2.75) is 13.3 Å². The molecule has 0 spiro atoms. The normalized spacial score (nSPS) is 23.4. The Bertz CT molecular complexity index is 270. The largest absolute Gasteiger partial charge is 0.466 e. The zero-order valence-corrected chi connectivity index (χ0v) is 6.70. The average Bonchev–Trinajstić information content (AvgIpc) is 2.80. The van der Waals surface area contributed by atoms with Crippen LogP contribution in [0.5, 0.6) is 0 Å². The monoisotopic (exact) mass is 164 g/mol. The summed E-state index contributed by atoms with van der Waals surface area (Å²) in [6.07, 6.45) is 0.318. The Hall–Kier alpha value is -1.55. The number of esters is 1. The molecule has 4 heteroatoms. The number of hydrogen-bond donors (Lipinski definition) is 0. The summed E-state index contributed by atoms with van der Waals surface area (Å²) in [5.74, 6) is -0.951. The fraction of sp³-hybridized carbons (Fsp3) is 0.625. The van der Waals surface area contributed by atoms with Crippen molar-refractivity contribution in [3.8, 4) is 12.1 Å². The van der Waals surface area contributed by atoms with Crippen LogP contribution < -0.4 is 0 Å². The van der Waals surface area contributed by atoms with Crippen molar-refractivity contribution in [2.24, 2.45) is 11.3 Å². The third-order valence-corrected chi connectivity index (χ3v) is 1.93. The van der Waals surface area contributed by atoms with E-state index in [0.717, 1.165) is 0 Å². The first-order valence-electron chi connectivity index (χ1n) is 3.69. The maximum atomic E-state index is 11.0. The zero-order valence-electron chi connectivity index (χ0n) is 6.70. The Morgan fingerprint density at radius 3 is 2.58 bits per heavy atom. The maximum Gasteiger partial charge on any atom is 0.311 e. The lowest BCUT2D eigenvalue weighted by Crippen LogP contribution is -2.11. The van der Waals surface area contributed by atoms with E-state index < -0.39 is 17.3 Å². The second-order valence-electron chi connectivity index (χ2n) is 2.70. The van der Waals surface area contributed by atoms with E-state index >= 15 is 0 Å². The molecule has 0 heterocycles. The molecule has 0 aromatic heterocycles. The molecule has 0 aromatic rings. The van der Waals surface area contributed by atoms with Crippen LogP contribution in [0.4, 0.5) is 0 Å². The van der Waals surface area contributed by atoms with Crippen molar-refractivity contribution < 1.29 is 9.53 Å². The third kappa shape index (κ3) is 1.12. The molecule has 1 atom stereocenters. The van der Waals surface area contributed by atoms with Gasteiger partial charge in [-0.25, -0.2) is 0 Å². The molecule has 0 aliphatic heterocycles. The molecule has 0 N–H and O–H groups in total. The van der Waals surface area contributed by atoms with E-state index in [1.807, 2.05) is 12.1 Å². The van der Waals surface area contributed by atoms with Gasteiger partial charge in [-0.1, -0.05) is 0 Å². The van der Waals surface area contributed by atoms with E-state index in [9.17, 15) is 4.79 Å². The molecule has 0 saturated heterocycles. The van der Waals surface area contributed by atoms with Gasteiger partial charge in [0.1, 0.15) is 0 Å². The molecule has 1 aliphatic rings. The molecule has 1 aliphatic carbocycles. The molecular weight excluding hydrogens is 156 g/mol. The second kappa shape index (κ2) is 2.83. The van der Waals surface area contributed by atoms with Crippen LogP contribution in [0.2, 0.25) is 0 Å². The van der Waals surface area contributed by atoms with Gasteiger partial charge in [0.15, 0.2) is 5.41 Å². The van der Waals surface area contributed by atoms with Crippen LogP contribution in [-0.4, -0.2) is 12.6 Å². The van der Waals surface area contributed by atoms with Gasteiger partial charge in [0, 0.05) is 0 Å². The number of ether oxygens (including phenoxy) is 1. The van der Waals surface area contributed by atoms with Crippen molar-refractivity contribution in [3.63, 3.8) is 0 Å². The predicted molar refractivity (Wildman–Crippen MR) is 38.4 cm³/mol. The van der Waals surface area contributed by atoms with E-state index in [4.69, 9.17) is 10.5 Å². The van der Waals surface area contributed by atoms with Gasteiger partial charge in [0.2, 0.25) is 0 Å². The van der Waals surface area contributed by atoms with Crippen molar-refractivity contribution in [2.75, 3.05) is 6.61 Å². The minimum absolute atomic E-state index is 0.294. The van der Waals surface area contributed by atoms with Gasteiger partial charge in [0.05, 0.1) is 24.7 Å². The smallest absolute Gasteiger partial charge is 0.311 e. The molecular formula is C8H8N2O2. The van der Waals surface area contributed by atoms with Crippen molar-refractivity contribution in [3.05, 3.63) is 0 Å². The summed E-state index contributed by atoms with van der Waals surface area (Å²) in [6, 6.07) is 3.66. The third-order valence-electron chi connectivity index (χ3n) is 1.93. The lowest BCUT2D eigenvalue weighted by atomic mass is 10.1. The molecule has 0 bridgehead atoms. The fourth-order valence-corrected chi connectivity index (χ4v) is 1.06. The quantitative estimate of drug-likeness (QED) is 0.560. The van der Waals surface area contributed by atoms with E-state index in [1.165, 1.54) is 0 Å². The van der Waals surface area contributed by atoms with E-state index in [2.05, 4.69) is 4.74 Å². The molecule has 1 rings (SSSR count). The van der Waals surface area contributed by atoms with Gasteiger partial charge in [-0.3, -0.25) is 4.79 Å². The SMILES string of the molecule is CCOC(=O)C1CC1(C#N)C#N. The number of hydrogen-bond acceptors (Lipinski definition) is 4. The summed E-state index contributed by atoms with van der Waals surface area (Å²) >= 11 is 0. The summed E-state index contributed by atoms with van der Waals surface area (Å²) in [6.45, 7) is 1.99. The lowest BCUT2D eigenvalue weighted by molar-refractivity contribution is -0.145. The minimum atomic E-state index is -1.09. The molecule has 1 fully saturated rings.